The molecule has 81 heavy (non-hydrogen) atoms. The lowest BCUT2D eigenvalue weighted by molar-refractivity contribution is -0.160. The summed E-state index contributed by atoms with van der Waals surface area (Å²) in [5.74, 6) is -11.8. The number of halogens is 4. The Bertz CT molecular complexity index is 2890. The van der Waals surface area contributed by atoms with Crippen molar-refractivity contribution in [3.63, 3.8) is 0 Å². The van der Waals surface area contributed by atoms with Gasteiger partial charge in [-0.05, 0) is 79.1 Å². The molecule has 4 saturated heterocycles. The number of nitrogens with zero attached hydrogens (tertiary/aromatic N) is 2. The van der Waals surface area contributed by atoms with Gasteiger partial charge in [-0.3, -0.25) is 9.59 Å². The molecule has 2 N–H and O–H groups in total. The molecule has 0 saturated carbocycles. The van der Waals surface area contributed by atoms with Gasteiger partial charge in [0.05, 0.1) is 55.2 Å². The highest BCUT2D eigenvalue weighted by atomic mass is 32.2. The van der Waals surface area contributed by atoms with Gasteiger partial charge in [0.15, 0.2) is 12.6 Å². The molecule has 4 aromatic rings. The molecule has 4 aliphatic rings. The molecule has 8 rings (SSSR count). The quantitative estimate of drug-likeness (QED) is 0.0492. The SMILES string of the molecule is COc1ccc(S(=O)(=O)N(CC(C)C)C[C@@H](O)[C@@H](CC(=O)OC2CO[C@H]3OCC(F)(F)[C@@H]23)Cc2ccccc2)cc1.Cc1ccc(S(=O)(=O)N(CC(C)C)C[C@@H](O)[C@@H](CC(=O)OC2CO[C@H]3OCC(F)(F)[C@@H]23)Cc2ccccc2)cc1. The van der Waals surface area contributed by atoms with Gasteiger partial charge in [0, 0.05) is 38.0 Å². The molecule has 0 spiro atoms. The first-order valence-electron chi connectivity index (χ1n) is 27.0. The zero-order chi connectivity index (χ0) is 58.9. The summed E-state index contributed by atoms with van der Waals surface area (Å²) >= 11 is 0. The molecule has 10 atom stereocenters. The van der Waals surface area contributed by atoms with Crippen LogP contribution < -0.4 is 4.74 Å². The van der Waals surface area contributed by atoms with E-state index in [0.29, 0.717) is 5.75 Å². The summed E-state index contributed by atoms with van der Waals surface area (Å²) in [7, 11) is -6.47. The van der Waals surface area contributed by atoms with Gasteiger partial charge in [-0.15, -0.1) is 0 Å². The molecular formula is C58H74F4N2O15S2. The number of ether oxygens (including phenoxy) is 7. The van der Waals surface area contributed by atoms with Crippen LogP contribution in [-0.2, 0) is 70.9 Å². The van der Waals surface area contributed by atoms with Gasteiger partial charge >= 0.3 is 11.9 Å². The highest BCUT2D eigenvalue weighted by Crippen LogP contribution is 2.45. The first kappa shape index (κ1) is 63.5. The number of aliphatic hydroxyl groups excluding tert-OH is 2. The maximum atomic E-state index is 14.3. The Morgan fingerprint density at radius 3 is 1.31 bits per heavy atom. The van der Waals surface area contributed by atoms with Crippen LogP contribution >= 0.6 is 0 Å². The number of benzene rings is 4. The van der Waals surface area contributed by atoms with Crippen molar-refractivity contribution in [1.82, 2.24) is 8.61 Å². The van der Waals surface area contributed by atoms with E-state index in [9.17, 15) is 54.2 Å². The minimum absolute atomic E-state index is 0.0319. The van der Waals surface area contributed by atoms with Gasteiger partial charge in [-0.25, -0.2) is 34.4 Å². The number of alkyl halides is 4. The van der Waals surface area contributed by atoms with Gasteiger partial charge in [0.2, 0.25) is 20.0 Å². The van der Waals surface area contributed by atoms with E-state index in [0.717, 1.165) is 16.7 Å². The van der Waals surface area contributed by atoms with Crippen molar-refractivity contribution < 1.29 is 87.4 Å². The van der Waals surface area contributed by atoms with Gasteiger partial charge in [-0.2, -0.15) is 8.61 Å². The Morgan fingerprint density at radius 2 is 0.951 bits per heavy atom. The summed E-state index contributed by atoms with van der Waals surface area (Å²) in [6, 6.07) is 30.7. The number of hydrogen-bond donors (Lipinski definition) is 2. The van der Waals surface area contributed by atoms with Crippen LogP contribution in [0.25, 0.3) is 0 Å². The van der Waals surface area contributed by atoms with Crippen LogP contribution in [0.2, 0.25) is 0 Å². The van der Waals surface area contributed by atoms with E-state index >= 15 is 0 Å². The molecule has 4 aromatic carbocycles. The predicted molar refractivity (Wildman–Crippen MR) is 288 cm³/mol. The van der Waals surface area contributed by atoms with Crippen LogP contribution in [0, 0.1) is 42.4 Å². The zero-order valence-electron chi connectivity index (χ0n) is 46.2. The maximum absolute atomic E-state index is 14.3. The molecule has 4 heterocycles. The minimum atomic E-state index is -4.00. The number of methoxy groups -OCH3 is 1. The van der Waals surface area contributed by atoms with Crippen molar-refractivity contribution in [3.8, 4) is 5.75 Å². The Labute approximate surface area is 471 Å². The van der Waals surface area contributed by atoms with Gasteiger partial charge in [0.25, 0.3) is 11.8 Å². The number of carbonyl (C=O) groups excluding carboxylic acids is 2. The molecule has 0 aromatic heterocycles. The molecule has 0 radical (unpaired) electrons. The Kier molecular flexibility index (Phi) is 21.6. The first-order valence-corrected chi connectivity index (χ1v) is 29.9. The Hall–Kier alpha value is -5.08. The van der Waals surface area contributed by atoms with Crippen molar-refractivity contribution in [3.05, 3.63) is 126 Å². The lowest BCUT2D eigenvalue weighted by atomic mass is 9.90. The van der Waals surface area contributed by atoms with E-state index in [1.54, 1.807) is 24.3 Å². The summed E-state index contributed by atoms with van der Waals surface area (Å²) in [5, 5.41) is 22.8. The number of rotatable bonds is 25. The van der Waals surface area contributed by atoms with Crippen molar-refractivity contribution in [2.45, 2.75) is 119 Å². The number of aliphatic hydroxyl groups is 2. The van der Waals surface area contributed by atoms with Gasteiger partial charge < -0.3 is 43.4 Å². The van der Waals surface area contributed by atoms with Crippen LogP contribution in [0.4, 0.5) is 17.6 Å². The fourth-order valence-electron chi connectivity index (χ4n) is 10.4. The molecule has 4 aliphatic heterocycles. The fraction of sp³-hybridized carbons (Fsp3) is 0.552. The fourth-order valence-corrected chi connectivity index (χ4v) is 13.6. The average Bonchev–Trinajstić information content (AvgIpc) is 4.29. The highest BCUT2D eigenvalue weighted by Gasteiger charge is 2.62. The topological polar surface area (TPSA) is 214 Å². The van der Waals surface area contributed by atoms with Crippen LogP contribution in [0.1, 0.15) is 57.2 Å². The molecule has 0 amide bonds. The molecular weight excluding hydrogens is 1100 g/mol. The van der Waals surface area contributed by atoms with E-state index in [4.69, 9.17) is 33.2 Å². The summed E-state index contributed by atoms with van der Waals surface area (Å²) in [6.07, 6.45) is -7.25. The number of sulfonamides is 2. The smallest absolute Gasteiger partial charge is 0.306 e. The molecule has 2 unspecified atom stereocenters. The lowest BCUT2D eigenvalue weighted by Crippen LogP contribution is -2.43. The molecule has 17 nitrogen and oxygen atoms in total. The number of carbonyl (C=O) groups is 2. The van der Waals surface area contributed by atoms with E-state index in [1.807, 2.05) is 95.3 Å². The van der Waals surface area contributed by atoms with Crippen LogP contribution in [-0.4, -0.2) is 156 Å². The monoisotopic (exact) mass is 1180 g/mol. The zero-order valence-corrected chi connectivity index (χ0v) is 47.9. The van der Waals surface area contributed by atoms with E-state index in [1.165, 1.54) is 40.0 Å². The predicted octanol–water partition coefficient (Wildman–Crippen LogP) is 7.30. The lowest BCUT2D eigenvalue weighted by Gasteiger charge is -2.30. The second-order valence-electron chi connectivity index (χ2n) is 22.0. The van der Waals surface area contributed by atoms with Crippen molar-refractivity contribution in [2.75, 3.05) is 59.7 Å². The van der Waals surface area contributed by atoms with Gasteiger partial charge in [0.1, 0.15) is 43.0 Å². The second kappa shape index (κ2) is 27.5. The standard InChI is InChI=1S/C29H37F2NO8S.C29H37F2NO7S/c1-19(2)15-32(41(35,36)23-11-9-22(37-3)10-12-23)16-24(33)21(13-20-7-5-4-6-8-20)14-26(34)40-25-17-38-28-27(25)29(30,31)18-39-28;1-19(2)15-32(40(35,36)23-11-9-20(3)10-12-23)16-24(33)22(13-21-7-5-4-6-8-21)14-26(34)39-25-17-37-28-27(25)29(30,31)18-38-28/h4-12,19,21,24-25,27-28,33H,13-18H2,1-3H3;4-12,19,22,24-25,27-28,33H,13-18H2,1-3H3/t21-,24-,25?,27+,28+;22-,24-,25?,27+,28+/m11/s1. The molecule has 23 heteroatoms. The van der Waals surface area contributed by atoms with E-state index in [-0.39, 0.29) is 86.7 Å². The third-order valence-corrected chi connectivity index (χ3v) is 18.3. The van der Waals surface area contributed by atoms with Crippen LogP contribution in [0.3, 0.4) is 0 Å². The minimum Gasteiger partial charge on any atom is -0.497 e. The summed E-state index contributed by atoms with van der Waals surface area (Å²) in [5.41, 5.74) is 2.56. The highest BCUT2D eigenvalue weighted by molar-refractivity contribution is 7.89. The summed E-state index contributed by atoms with van der Waals surface area (Å²) < 4.78 is 150. The first-order chi connectivity index (χ1) is 38.3. The molecule has 0 bridgehead atoms. The number of fused-ring (bicyclic) bond motifs is 2. The van der Waals surface area contributed by atoms with Crippen molar-refractivity contribution in [1.29, 1.82) is 0 Å². The summed E-state index contributed by atoms with van der Waals surface area (Å²) in [4.78, 5) is 26.2. The summed E-state index contributed by atoms with van der Waals surface area (Å²) in [6.45, 7) is 7.07. The van der Waals surface area contributed by atoms with E-state index in [2.05, 4.69) is 0 Å². The Balaban J connectivity index is 0.000000234. The number of hydrogen-bond acceptors (Lipinski definition) is 15. The number of aryl methyl sites for hydroxylation is 1. The molecule has 446 valence electrons. The van der Waals surface area contributed by atoms with Crippen LogP contribution in [0.5, 0.6) is 5.75 Å². The molecule has 0 aliphatic carbocycles. The Morgan fingerprint density at radius 1 is 0.580 bits per heavy atom. The van der Waals surface area contributed by atoms with Gasteiger partial charge in [-0.1, -0.05) is 106 Å². The van der Waals surface area contributed by atoms with E-state index < -0.39 is 118 Å². The third-order valence-electron chi connectivity index (χ3n) is 14.6. The second-order valence-corrected chi connectivity index (χ2v) is 25.9. The van der Waals surface area contributed by atoms with Crippen molar-refractivity contribution in [2.24, 2.45) is 35.5 Å². The molecule has 4 fully saturated rings. The third kappa shape index (κ3) is 16.6. The van der Waals surface area contributed by atoms with Crippen molar-refractivity contribution >= 4 is 32.0 Å². The largest absolute Gasteiger partial charge is 0.497 e. The normalized spacial score (nSPS) is 23.6. The number of esters is 2. The van der Waals surface area contributed by atoms with Crippen LogP contribution in [0.15, 0.2) is 119 Å². The average molecular weight is 1180 g/mol. The maximum Gasteiger partial charge on any atom is 0.306 e.